The van der Waals surface area contributed by atoms with Crippen LogP contribution in [0.1, 0.15) is 30.3 Å². The number of carbonyl (C=O) groups is 1. The average Bonchev–Trinajstić information content (AvgIpc) is 3.34. The smallest absolute Gasteiger partial charge is 0.227 e. The number of fused-ring (bicyclic) bond motifs is 1. The van der Waals surface area contributed by atoms with Gasteiger partial charge in [0.15, 0.2) is 10.6 Å². The Bertz CT molecular complexity index is 843. The molecule has 126 valence electrons. The van der Waals surface area contributed by atoms with E-state index in [1.165, 1.54) is 12.1 Å². The first-order valence-corrected chi connectivity index (χ1v) is 8.37. The molecule has 8 heteroatoms. The van der Waals surface area contributed by atoms with Gasteiger partial charge in [-0.25, -0.2) is 4.39 Å². The topological polar surface area (TPSA) is 71.9 Å². The first-order valence-electron chi connectivity index (χ1n) is 7.96. The first kappa shape index (κ1) is 15.3. The summed E-state index contributed by atoms with van der Waals surface area (Å²) in [6, 6.07) is 4.79. The summed E-state index contributed by atoms with van der Waals surface area (Å²) in [5.74, 6) is 0.601. The van der Waals surface area contributed by atoms with Crippen LogP contribution < -0.4 is 10.1 Å². The van der Waals surface area contributed by atoms with Crippen LogP contribution in [0.3, 0.4) is 0 Å². The van der Waals surface area contributed by atoms with E-state index in [1.807, 2.05) is 4.57 Å². The van der Waals surface area contributed by atoms with E-state index in [9.17, 15) is 9.18 Å². The molecular formula is C16H17FN4O2S. The molecule has 0 bridgehead atoms. The molecule has 2 aromatic rings. The molecule has 6 nitrogen and oxygen atoms in total. The fourth-order valence-corrected chi connectivity index (χ4v) is 3.31. The van der Waals surface area contributed by atoms with Crippen molar-refractivity contribution in [1.82, 2.24) is 20.1 Å². The number of nitrogens with zero attached hydrogens (tertiary/aromatic N) is 2. The summed E-state index contributed by atoms with van der Waals surface area (Å²) >= 11 is 5.23. The van der Waals surface area contributed by atoms with E-state index in [0.717, 1.165) is 24.2 Å². The van der Waals surface area contributed by atoms with Crippen LogP contribution in [0.25, 0.3) is 0 Å². The SMILES string of the molecule is O=C(NCc1n[nH]c(=S)n1C1CC1)[C@@H]1COc2ccc(F)cc2C1. The van der Waals surface area contributed by atoms with Crippen molar-refractivity contribution in [1.29, 1.82) is 0 Å². The highest BCUT2D eigenvalue weighted by Crippen LogP contribution is 2.35. The maximum Gasteiger partial charge on any atom is 0.227 e. The Morgan fingerprint density at radius 1 is 1.50 bits per heavy atom. The van der Waals surface area contributed by atoms with Crippen LogP contribution in [-0.4, -0.2) is 27.3 Å². The van der Waals surface area contributed by atoms with Crippen molar-refractivity contribution in [2.75, 3.05) is 6.61 Å². The van der Waals surface area contributed by atoms with Gasteiger partial charge in [0.1, 0.15) is 18.2 Å². The molecule has 0 unspecified atom stereocenters. The lowest BCUT2D eigenvalue weighted by atomic mass is 9.96. The first-order chi connectivity index (χ1) is 11.6. The lowest BCUT2D eigenvalue weighted by Crippen LogP contribution is -2.37. The number of benzene rings is 1. The Morgan fingerprint density at radius 2 is 2.33 bits per heavy atom. The van der Waals surface area contributed by atoms with E-state index < -0.39 is 0 Å². The number of aromatic amines is 1. The zero-order chi connectivity index (χ0) is 16.7. The second-order valence-corrected chi connectivity index (χ2v) is 6.61. The second kappa shape index (κ2) is 6.01. The molecule has 0 saturated heterocycles. The molecule has 0 radical (unpaired) electrons. The fraction of sp³-hybridized carbons (Fsp3) is 0.438. The highest BCUT2D eigenvalue weighted by Gasteiger charge is 2.29. The summed E-state index contributed by atoms with van der Waals surface area (Å²) in [5, 5.41) is 9.86. The predicted molar refractivity (Wildman–Crippen MR) is 86.6 cm³/mol. The molecule has 4 rings (SSSR count). The van der Waals surface area contributed by atoms with Gasteiger partial charge >= 0.3 is 0 Å². The molecule has 2 aliphatic rings. The molecule has 1 amide bonds. The summed E-state index contributed by atoms with van der Waals surface area (Å²) in [4.78, 5) is 12.4. The molecule has 1 saturated carbocycles. The molecule has 1 fully saturated rings. The zero-order valence-corrected chi connectivity index (χ0v) is 13.7. The Balaban J connectivity index is 1.41. The van der Waals surface area contributed by atoms with Crippen molar-refractivity contribution in [3.8, 4) is 5.75 Å². The summed E-state index contributed by atoms with van der Waals surface area (Å²) in [6.07, 6.45) is 2.65. The normalized spacial score (nSPS) is 19.5. The van der Waals surface area contributed by atoms with Crippen molar-refractivity contribution in [2.24, 2.45) is 5.92 Å². The molecule has 1 aromatic carbocycles. The maximum absolute atomic E-state index is 13.3. The van der Waals surface area contributed by atoms with Crippen LogP contribution >= 0.6 is 12.2 Å². The highest BCUT2D eigenvalue weighted by molar-refractivity contribution is 7.71. The molecule has 2 heterocycles. The van der Waals surface area contributed by atoms with Crippen molar-refractivity contribution in [3.05, 3.63) is 40.2 Å². The Hall–Kier alpha value is -2.22. The van der Waals surface area contributed by atoms with E-state index in [0.29, 0.717) is 36.1 Å². The van der Waals surface area contributed by atoms with Crippen LogP contribution in [0.4, 0.5) is 4.39 Å². The molecule has 0 spiro atoms. The van der Waals surface area contributed by atoms with Gasteiger partial charge in [-0.1, -0.05) is 0 Å². The predicted octanol–water partition coefficient (Wildman–Crippen LogP) is 2.28. The number of carbonyl (C=O) groups excluding carboxylic acids is 1. The Labute approximate surface area is 143 Å². The van der Waals surface area contributed by atoms with Gasteiger partial charge in [-0.15, -0.1) is 0 Å². The number of nitrogens with one attached hydrogen (secondary N) is 2. The van der Waals surface area contributed by atoms with Crippen LogP contribution in [-0.2, 0) is 17.8 Å². The number of aromatic nitrogens is 3. The molecule has 24 heavy (non-hydrogen) atoms. The van der Waals surface area contributed by atoms with E-state index in [1.54, 1.807) is 6.07 Å². The fourth-order valence-electron chi connectivity index (χ4n) is 3.01. The van der Waals surface area contributed by atoms with Crippen molar-refractivity contribution in [3.63, 3.8) is 0 Å². The molecule has 2 N–H and O–H groups in total. The standard InChI is InChI=1S/C16H17FN4O2S/c17-11-1-4-13-9(6-11)5-10(8-23-13)15(22)18-7-14-19-20-16(24)21(14)12-2-3-12/h1,4,6,10,12H,2-3,5,7-8H2,(H,18,22)(H,20,24)/t10-/m0/s1. The van der Waals surface area contributed by atoms with Crippen molar-refractivity contribution in [2.45, 2.75) is 31.8 Å². The second-order valence-electron chi connectivity index (χ2n) is 6.23. The van der Waals surface area contributed by atoms with Gasteiger partial charge in [0.2, 0.25) is 5.91 Å². The minimum atomic E-state index is -0.337. The summed E-state index contributed by atoms with van der Waals surface area (Å²) in [5.41, 5.74) is 0.724. The maximum atomic E-state index is 13.3. The number of rotatable bonds is 4. The number of H-pyrrole nitrogens is 1. The number of hydrogen-bond donors (Lipinski definition) is 2. The minimum Gasteiger partial charge on any atom is -0.492 e. The van der Waals surface area contributed by atoms with Crippen molar-refractivity contribution >= 4 is 18.1 Å². The lowest BCUT2D eigenvalue weighted by Gasteiger charge is -2.24. The molecule has 1 aromatic heterocycles. The van der Waals surface area contributed by atoms with E-state index in [-0.39, 0.29) is 17.6 Å². The Morgan fingerprint density at radius 3 is 3.12 bits per heavy atom. The quantitative estimate of drug-likeness (QED) is 0.832. The van der Waals surface area contributed by atoms with Gasteiger partial charge in [0.25, 0.3) is 0 Å². The van der Waals surface area contributed by atoms with Crippen LogP contribution in [0.5, 0.6) is 5.75 Å². The van der Waals surface area contributed by atoms with Gasteiger partial charge < -0.3 is 10.1 Å². The summed E-state index contributed by atoms with van der Waals surface area (Å²) in [6.45, 7) is 0.606. The van der Waals surface area contributed by atoms with Gasteiger partial charge in [-0.3, -0.25) is 14.5 Å². The number of hydrogen-bond acceptors (Lipinski definition) is 4. The third kappa shape index (κ3) is 2.93. The van der Waals surface area contributed by atoms with Gasteiger partial charge in [-0.05, 0) is 55.2 Å². The highest BCUT2D eigenvalue weighted by atomic mass is 32.1. The van der Waals surface area contributed by atoms with Crippen LogP contribution in [0.2, 0.25) is 0 Å². The molecule has 1 aliphatic heterocycles. The third-order valence-corrected chi connectivity index (χ3v) is 4.70. The zero-order valence-electron chi connectivity index (χ0n) is 12.9. The Kier molecular flexibility index (Phi) is 3.84. The summed E-state index contributed by atoms with van der Waals surface area (Å²) < 4.78 is 21.5. The van der Waals surface area contributed by atoms with Crippen LogP contribution in [0.15, 0.2) is 18.2 Å². The van der Waals surface area contributed by atoms with E-state index in [4.69, 9.17) is 17.0 Å². The van der Waals surface area contributed by atoms with Crippen LogP contribution in [0, 0.1) is 16.5 Å². The van der Waals surface area contributed by atoms with Gasteiger partial charge in [0.05, 0.1) is 12.5 Å². The molecule has 1 atom stereocenters. The minimum absolute atomic E-state index is 0.124. The van der Waals surface area contributed by atoms with E-state index >= 15 is 0 Å². The largest absolute Gasteiger partial charge is 0.492 e. The molecule has 1 aliphatic carbocycles. The van der Waals surface area contributed by atoms with Gasteiger partial charge in [-0.2, -0.15) is 5.10 Å². The van der Waals surface area contributed by atoms with E-state index in [2.05, 4.69) is 15.5 Å². The average molecular weight is 348 g/mol. The monoisotopic (exact) mass is 348 g/mol. The number of halogens is 1. The number of ether oxygens (including phenoxy) is 1. The van der Waals surface area contributed by atoms with Crippen molar-refractivity contribution < 1.29 is 13.9 Å². The lowest BCUT2D eigenvalue weighted by molar-refractivity contribution is -0.126. The third-order valence-electron chi connectivity index (χ3n) is 4.41. The number of amides is 1. The molecular weight excluding hydrogens is 331 g/mol. The van der Waals surface area contributed by atoms with Gasteiger partial charge in [0, 0.05) is 6.04 Å². The summed E-state index contributed by atoms with van der Waals surface area (Å²) in [7, 11) is 0.